The smallest absolute Gasteiger partial charge is 0.225 e. The molecule has 0 aromatic rings. The molecule has 0 radical (unpaired) electrons. The van der Waals surface area contributed by atoms with Gasteiger partial charge in [0, 0.05) is 12.5 Å². The Morgan fingerprint density at radius 1 is 1.62 bits per heavy atom. The summed E-state index contributed by atoms with van der Waals surface area (Å²) in [5, 5.41) is 3.01. The number of hydrogen-bond acceptors (Lipinski definition) is 3. The van der Waals surface area contributed by atoms with Crippen molar-refractivity contribution in [1.82, 2.24) is 10.2 Å². The zero-order valence-electron chi connectivity index (χ0n) is 8.54. The monoisotopic (exact) mass is 186 g/mol. The van der Waals surface area contributed by atoms with E-state index in [9.17, 15) is 4.79 Å². The van der Waals surface area contributed by atoms with Crippen LogP contribution in [0.2, 0.25) is 0 Å². The zero-order chi connectivity index (χ0) is 9.84. The van der Waals surface area contributed by atoms with E-state index in [4.69, 9.17) is 4.74 Å². The maximum absolute atomic E-state index is 11.6. The van der Waals surface area contributed by atoms with Crippen LogP contribution >= 0.6 is 0 Å². The first-order valence-corrected chi connectivity index (χ1v) is 4.72. The van der Waals surface area contributed by atoms with Crippen LogP contribution < -0.4 is 5.32 Å². The normalized spacial score (nSPS) is 23.7. The molecule has 1 saturated heterocycles. The standard InChI is InChI=1S/C9H18N2O2/c1-7(2)9(12)11-4-5-13-8(6-11)10-3/h7-8,10H,4-6H2,1-3H3. The van der Waals surface area contributed by atoms with Crippen molar-refractivity contribution in [2.24, 2.45) is 5.92 Å². The van der Waals surface area contributed by atoms with E-state index in [0.717, 1.165) is 6.54 Å². The third kappa shape index (κ3) is 2.67. The Morgan fingerprint density at radius 2 is 2.31 bits per heavy atom. The number of carbonyl (C=O) groups is 1. The van der Waals surface area contributed by atoms with Crippen LogP contribution in [0.3, 0.4) is 0 Å². The Hall–Kier alpha value is -0.610. The van der Waals surface area contributed by atoms with Crippen molar-refractivity contribution < 1.29 is 9.53 Å². The van der Waals surface area contributed by atoms with Gasteiger partial charge in [0.05, 0.1) is 13.2 Å². The van der Waals surface area contributed by atoms with Crippen LogP contribution in [0.25, 0.3) is 0 Å². The summed E-state index contributed by atoms with van der Waals surface area (Å²) in [5.41, 5.74) is 0. The van der Waals surface area contributed by atoms with Crippen LogP contribution in [0.15, 0.2) is 0 Å². The van der Waals surface area contributed by atoms with Crippen LogP contribution in [-0.4, -0.2) is 43.8 Å². The number of amides is 1. The minimum atomic E-state index is -0.00329. The number of rotatable bonds is 2. The summed E-state index contributed by atoms with van der Waals surface area (Å²) in [4.78, 5) is 13.5. The highest BCUT2D eigenvalue weighted by molar-refractivity contribution is 5.78. The second-order valence-electron chi connectivity index (χ2n) is 3.59. The fourth-order valence-corrected chi connectivity index (χ4v) is 1.39. The molecule has 1 rings (SSSR count). The summed E-state index contributed by atoms with van der Waals surface area (Å²) in [7, 11) is 1.84. The molecule has 1 atom stereocenters. The lowest BCUT2D eigenvalue weighted by Crippen LogP contribution is -2.51. The van der Waals surface area contributed by atoms with Gasteiger partial charge in [-0.2, -0.15) is 0 Å². The molecule has 0 aromatic carbocycles. The van der Waals surface area contributed by atoms with Crippen molar-refractivity contribution >= 4 is 5.91 Å². The van der Waals surface area contributed by atoms with E-state index in [1.54, 1.807) is 0 Å². The average molecular weight is 186 g/mol. The van der Waals surface area contributed by atoms with Crippen LogP contribution in [-0.2, 0) is 9.53 Å². The van der Waals surface area contributed by atoms with Crippen LogP contribution in [0.5, 0.6) is 0 Å². The number of nitrogens with zero attached hydrogens (tertiary/aromatic N) is 1. The predicted octanol–water partition coefficient (Wildman–Crippen LogP) is 0.0467. The van der Waals surface area contributed by atoms with Crippen LogP contribution in [0.1, 0.15) is 13.8 Å². The summed E-state index contributed by atoms with van der Waals surface area (Å²) < 4.78 is 5.38. The first-order valence-electron chi connectivity index (χ1n) is 4.72. The molecule has 1 aliphatic rings. The summed E-state index contributed by atoms with van der Waals surface area (Å²) >= 11 is 0. The van der Waals surface area contributed by atoms with E-state index < -0.39 is 0 Å². The Morgan fingerprint density at radius 3 is 2.85 bits per heavy atom. The van der Waals surface area contributed by atoms with Crippen molar-refractivity contribution in [3.05, 3.63) is 0 Å². The Bertz CT molecular complexity index is 182. The number of nitrogens with one attached hydrogen (secondary N) is 1. The highest BCUT2D eigenvalue weighted by atomic mass is 16.5. The highest BCUT2D eigenvalue weighted by Gasteiger charge is 2.24. The van der Waals surface area contributed by atoms with Gasteiger partial charge in [0.25, 0.3) is 0 Å². The van der Waals surface area contributed by atoms with Gasteiger partial charge < -0.3 is 9.64 Å². The molecule has 1 unspecified atom stereocenters. The van der Waals surface area contributed by atoms with Crippen molar-refractivity contribution in [3.8, 4) is 0 Å². The molecule has 1 N–H and O–H groups in total. The van der Waals surface area contributed by atoms with Crippen LogP contribution in [0.4, 0.5) is 0 Å². The first kappa shape index (κ1) is 10.5. The van der Waals surface area contributed by atoms with E-state index in [1.165, 1.54) is 0 Å². The second-order valence-corrected chi connectivity index (χ2v) is 3.59. The molecule has 4 nitrogen and oxygen atoms in total. The lowest BCUT2D eigenvalue weighted by atomic mass is 10.2. The topological polar surface area (TPSA) is 41.6 Å². The zero-order valence-corrected chi connectivity index (χ0v) is 8.54. The molecule has 13 heavy (non-hydrogen) atoms. The van der Waals surface area contributed by atoms with Gasteiger partial charge in [-0.25, -0.2) is 0 Å². The molecule has 1 amide bonds. The third-order valence-electron chi connectivity index (χ3n) is 2.19. The summed E-state index contributed by atoms with van der Waals surface area (Å²) in [5.74, 6) is 0.291. The predicted molar refractivity (Wildman–Crippen MR) is 50.2 cm³/mol. The summed E-state index contributed by atoms with van der Waals surface area (Å²) in [6.45, 7) is 5.85. The molecular formula is C9H18N2O2. The molecule has 1 fully saturated rings. The van der Waals surface area contributed by atoms with E-state index in [-0.39, 0.29) is 18.1 Å². The molecule has 0 bridgehead atoms. The number of likely N-dealkylation sites (N-methyl/N-ethyl adjacent to an activating group) is 1. The lowest BCUT2D eigenvalue weighted by Gasteiger charge is -2.33. The molecule has 1 aliphatic heterocycles. The van der Waals surface area contributed by atoms with E-state index >= 15 is 0 Å². The van der Waals surface area contributed by atoms with E-state index in [2.05, 4.69) is 5.32 Å². The van der Waals surface area contributed by atoms with Gasteiger partial charge in [0.1, 0.15) is 6.23 Å². The van der Waals surface area contributed by atoms with Gasteiger partial charge in [-0.3, -0.25) is 10.1 Å². The van der Waals surface area contributed by atoms with E-state index in [0.29, 0.717) is 13.2 Å². The first-order chi connectivity index (χ1) is 6.15. The number of carbonyl (C=O) groups excluding carboxylic acids is 1. The van der Waals surface area contributed by atoms with Crippen LogP contribution in [0, 0.1) is 5.92 Å². The Kier molecular flexibility index (Phi) is 3.69. The fraction of sp³-hybridized carbons (Fsp3) is 0.889. The fourth-order valence-electron chi connectivity index (χ4n) is 1.39. The van der Waals surface area contributed by atoms with Gasteiger partial charge in [-0.1, -0.05) is 13.8 Å². The van der Waals surface area contributed by atoms with Crippen molar-refractivity contribution in [2.45, 2.75) is 20.1 Å². The Labute approximate surface area is 79.2 Å². The number of ether oxygens (including phenoxy) is 1. The number of morpholine rings is 1. The minimum Gasteiger partial charge on any atom is -0.360 e. The minimum absolute atomic E-state index is 0.00329. The van der Waals surface area contributed by atoms with Gasteiger partial charge in [0.2, 0.25) is 5.91 Å². The quantitative estimate of drug-likeness (QED) is 0.662. The highest BCUT2D eigenvalue weighted by Crippen LogP contribution is 2.07. The lowest BCUT2D eigenvalue weighted by molar-refractivity contribution is -0.143. The van der Waals surface area contributed by atoms with Crippen molar-refractivity contribution in [1.29, 1.82) is 0 Å². The second kappa shape index (κ2) is 4.58. The van der Waals surface area contributed by atoms with Gasteiger partial charge in [-0.05, 0) is 7.05 Å². The third-order valence-corrected chi connectivity index (χ3v) is 2.19. The molecule has 0 spiro atoms. The summed E-state index contributed by atoms with van der Waals surface area (Å²) in [6, 6.07) is 0. The van der Waals surface area contributed by atoms with Gasteiger partial charge in [-0.15, -0.1) is 0 Å². The average Bonchev–Trinajstić information content (AvgIpc) is 2.16. The maximum atomic E-state index is 11.6. The molecule has 76 valence electrons. The SMILES string of the molecule is CNC1CN(C(=O)C(C)C)CCO1. The number of hydrogen-bond donors (Lipinski definition) is 1. The molecular weight excluding hydrogens is 168 g/mol. The summed E-state index contributed by atoms with van der Waals surface area (Å²) in [6.07, 6.45) is -0.00329. The van der Waals surface area contributed by atoms with E-state index in [1.807, 2.05) is 25.8 Å². The van der Waals surface area contributed by atoms with Gasteiger partial charge >= 0.3 is 0 Å². The van der Waals surface area contributed by atoms with Gasteiger partial charge in [0.15, 0.2) is 0 Å². The van der Waals surface area contributed by atoms with Crippen molar-refractivity contribution in [2.75, 3.05) is 26.7 Å². The maximum Gasteiger partial charge on any atom is 0.225 e. The molecule has 4 heteroatoms. The van der Waals surface area contributed by atoms with Crippen molar-refractivity contribution in [3.63, 3.8) is 0 Å². The molecule has 0 aromatic heterocycles. The largest absolute Gasteiger partial charge is 0.360 e. The Balaban J connectivity index is 2.46. The molecule has 1 heterocycles. The molecule has 0 saturated carbocycles. The molecule has 0 aliphatic carbocycles.